The zero-order valence-electron chi connectivity index (χ0n) is 22.0. The number of benzene rings is 1. The van der Waals surface area contributed by atoms with E-state index in [4.69, 9.17) is 19.2 Å². The Morgan fingerprint density at radius 2 is 2.06 bits per heavy atom. The van der Waals surface area contributed by atoms with E-state index in [1.165, 1.54) is 6.34 Å². The van der Waals surface area contributed by atoms with Gasteiger partial charge in [0.1, 0.15) is 12.2 Å². The number of nitrogens with zero attached hydrogens (tertiary/aromatic N) is 5. The summed E-state index contributed by atoms with van der Waals surface area (Å²) >= 11 is 0. The van der Waals surface area contributed by atoms with Crippen LogP contribution >= 0.6 is 0 Å². The Morgan fingerprint density at radius 1 is 1.28 bits per heavy atom. The van der Waals surface area contributed by atoms with E-state index in [1.54, 1.807) is 13.3 Å². The van der Waals surface area contributed by atoms with E-state index in [9.17, 15) is 4.79 Å². The lowest BCUT2D eigenvalue weighted by molar-refractivity contribution is -0.0373. The van der Waals surface area contributed by atoms with Crippen LogP contribution < -0.4 is 9.47 Å². The first-order valence-electron chi connectivity index (χ1n) is 12.2. The van der Waals surface area contributed by atoms with Crippen molar-refractivity contribution in [3.8, 4) is 17.2 Å². The fourth-order valence-corrected chi connectivity index (χ4v) is 4.75. The molecule has 36 heavy (non-hydrogen) atoms. The van der Waals surface area contributed by atoms with Crippen LogP contribution in [0.1, 0.15) is 62.2 Å². The van der Waals surface area contributed by atoms with Gasteiger partial charge in [0.25, 0.3) is 5.91 Å². The Balaban J connectivity index is 1.91. The molecule has 2 aliphatic rings. The number of morpholine rings is 1. The minimum atomic E-state index is -0.422. The van der Waals surface area contributed by atoms with Gasteiger partial charge < -0.3 is 19.1 Å². The molecule has 0 saturated carbocycles. The predicted octanol–water partition coefficient (Wildman–Crippen LogP) is 4.11. The highest BCUT2D eigenvalue weighted by Crippen LogP contribution is 2.39. The van der Waals surface area contributed by atoms with Gasteiger partial charge in [-0.3, -0.25) is 14.4 Å². The van der Waals surface area contributed by atoms with Gasteiger partial charge >= 0.3 is 0 Å². The third-order valence-corrected chi connectivity index (χ3v) is 6.43. The van der Waals surface area contributed by atoms with Gasteiger partial charge in [0.15, 0.2) is 17.2 Å². The van der Waals surface area contributed by atoms with Crippen molar-refractivity contribution in [1.82, 2.24) is 14.5 Å². The summed E-state index contributed by atoms with van der Waals surface area (Å²) < 4.78 is 19.4. The minimum Gasteiger partial charge on any atom is -0.493 e. The molecule has 1 aromatic heterocycles. The number of ether oxygens (including phenoxy) is 3. The van der Waals surface area contributed by atoms with Crippen LogP contribution in [0.2, 0.25) is 0 Å². The Labute approximate surface area is 212 Å². The quantitative estimate of drug-likeness (QED) is 0.428. The van der Waals surface area contributed by atoms with E-state index >= 15 is 0 Å². The van der Waals surface area contributed by atoms with Crippen molar-refractivity contribution in [2.75, 3.05) is 26.9 Å². The van der Waals surface area contributed by atoms with E-state index in [1.807, 2.05) is 51.7 Å². The maximum Gasteiger partial charge on any atom is 0.274 e. The average molecular weight is 494 g/mol. The molecule has 1 aromatic carbocycles. The summed E-state index contributed by atoms with van der Waals surface area (Å²) in [5.41, 5.74) is 3.74. The number of aliphatic imine (C=N–C) groups is 2. The smallest absolute Gasteiger partial charge is 0.274 e. The first-order chi connectivity index (χ1) is 17.2. The van der Waals surface area contributed by atoms with Crippen molar-refractivity contribution in [3.05, 3.63) is 41.1 Å². The van der Waals surface area contributed by atoms with Crippen LogP contribution in [0.15, 0.2) is 28.3 Å². The number of fused-ring (bicyclic) bond motifs is 3. The topological polar surface area (TPSA) is 90.5 Å². The van der Waals surface area contributed by atoms with Gasteiger partial charge in [-0.05, 0) is 65.8 Å². The van der Waals surface area contributed by atoms with Crippen LogP contribution in [0.25, 0.3) is 11.3 Å². The lowest BCUT2D eigenvalue weighted by Gasteiger charge is -2.41. The molecule has 1 amide bonds. The third kappa shape index (κ3) is 4.80. The molecule has 2 aliphatic heterocycles. The van der Waals surface area contributed by atoms with Crippen molar-refractivity contribution in [3.63, 3.8) is 0 Å². The molecule has 2 aromatic rings. The van der Waals surface area contributed by atoms with Gasteiger partial charge in [0.05, 0.1) is 43.3 Å². The SMILES string of the molecule is C=NC=N/C=C(\C)c1nc(C(=O)N2CCOCC2(C)C)c2n1-c1cc(OC(C)C)c(OC)cc1CC2. The monoisotopic (exact) mass is 493 g/mol. The lowest BCUT2D eigenvalue weighted by atomic mass is 9.98. The number of hydrogen-bond acceptors (Lipinski definition) is 6. The summed E-state index contributed by atoms with van der Waals surface area (Å²) in [5, 5.41) is 0. The molecular formula is C27H35N5O4. The summed E-state index contributed by atoms with van der Waals surface area (Å²) in [6.07, 6.45) is 4.46. The molecule has 0 radical (unpaired) electrons. The zero-order valence-corrected chi connectivity index (χ0v) is 22.0. The second-order valence-corrected chi connectivity index (χ2v) is 9.95. The number of methoxy groups -OCH3 is 1. The fraction of sp³-hybridized carbons (Fsp3) is 0.481. The molecule has 0 spiro atoms. The zero-order chi connectivity index (χ0) is 26.0. The predicted molar refractivity (Wildman–Crippen MR) is 141 cm³/mol. The normalized spacial score (nSPS) is 17.2. The Morgan fingerprint density at radius 3 is 2.72 bits per heavy atom. The fourth-order valence-electron chi connectivity index (χ4n) is 4.75. The maximum absolute atomic E-state index is 13.9. The Bertz CT molecular complexity index is 1230. The highest BCUT2D eigenvalue weighted by atomic mass is 16.5. The molecule has 192 valence electrons. The minimum absolute atomic E-state index is 0.0228. The first-order valence-corrected chi connectivity index (χ1v) is 12.2. The highest BCUT2D eigenvalue weighted by molar-refractivity contribution is 5.95. The highest BCUT2D eigenvalue weighted by Gasteiger charge is 2.38. The molecule has 0 unspecified atom stereocenters. The maximum atomic E-state index is 13.9. The van der Waals surface area contributed by atoms with Gasteiger partial charge in [0, 0.05) is 24.4 Å². The standard InChI is InChI=1S/C27H35N5O4/c1-17(2)36-23-13-21-19(12-22(23)34-7)8-9-20-24(26(33)31-10-11-35-15-27(31,4)5)30-25(32(20)21)18(3)14-29-16-28-6/h12-14,16-17H,6,8-11,15H2,1-5,7H3/b18-14+,29-16?. The number of carbonyl (C=O) groups is 1. The summed E-state index contributed by atoms with van der Waals surface area (Å²) in [6.45, 7) is 14.9. The number of carbonyl (C=O) groups excluding carboxylic acids is 1. The number of aryl methyl sites for hydroxylation is 1. The number of amides is 1. The second kappa shape index (κ2) is 10.3. The van der Waals surface area contributed by atoms with E-state index in [0.29, 0.717) is 49.2 Å². The lowest BCUT2D eigenvalue weighted by Crippen LogP contribution is -2.55. The molecule has 9 heteroatoms. The molecular weight excluding hydrogens is 458 g/mol. The average Bonchev–Trinajstić information content (AvgIpc) is 3.23. The van der Waals surface area contributed by atoms with Gasteiger partial charge in [-0.25, -0.2) is 9.98 Å². The number of imidazole rings is 1. The molecule has 4 rings (SSSR count). The molecule has 0 aliphatic carbocycles. The van der Waals surface area contributed by atoms with Gasteiger partial charge in [0.2, 0.25) is 0 Å². The summed E-state index contributed by atoms with van der Waals surface area (Å²) in [5.74, 6) is 1.91. The van der Waals surface area contributed by atoms with Crippen LogP contribution in [0.3, 0.4) is 0 Å². The van der Waals surface area contributed by atoms with Crippen LogP contribution in [-0.4, -0.2) is 71.9 Å². The molecule has 0 atom stereocenters. The number of aromatic nitrogens is 2. The van der Waals surface area contributed by atoms with Crippen LogP contribution in [0.4, 0.5) is 0 Å². The van der Waals surface area contributed by atoms with E-state index in [-0.39, 0.29) is 12.0 Å². The second-order valence-electron chi connectivity index (χ2n) is 9.95. The molecule has 9 nitrogen and oxygen atoms in total. The summed E-state index contributed by atoms with van der Waals surface area (Å²) in [7, 11) is 1.64. The molecule has 0 bridgehead atoms. The molecule has 0 N–H and O–H groups in total. The van der Waals surface area contributed by atoms with E-state index in [0.717, 1.165) is 28.9 Å². The van der Waals surface area contributed by atoms with E-state index < -0.39 is 5.54 Å². The largest absolute Gasteiger partial charge is 0.493 e. The van der Waals surface area contributed by atoms with Gasteiger partial charge in [-0.15, -0.1) is 0 Å². The van der Waals surface area contributed by atoms with Crippen LogP contribution in [-0.2, 0) is 17.6 Å². The van der Waals surface area contributed by atoms with Crippen molar-refractivity contribution >= 4 is 24.5 Å². The van der Waals surface area contributed by atoms with Crippen LogP contribution in [0, 0.1) is 0 Å². The summed E-state index contributed by atoms with van der Waals surface area (Å²) in [4.78, 5) is 28.5. The van der Waals surface area contributed by atoms with Gasteiger partial charge in [-0.1, -0.05) is 0 Å². The third-order valence-electron chi connectivity index (χ3n) is 6.43. The van der Waals surface area contributed by atoms with Gasteiger partial charge in [-0.2, -0.15) is 0 Å². The van der Waals surface area contributed by atoms with Crippen molar-refractivity contribution in [1.29, 1.82) is 0 Å². The molecule has 3 heterocycles. The van der Waals surface area contributed by atoms with Crippen molar-refractivity contribution in [2.24, 2.45) is 9.98 Å². The molecule has 1 saturated heterocycles. The number of rotatable bonds is 7. The summed E-state index contributed by atoms with van der Waals surface area (Å²) in [6, 6.07) is 4.00. The molecule has 1 fully saturated rings. The Hall–Kier alpha value is -3.46. The number of hydrogen-bond donors (Lipinski definition) is 0. The first kappa shape index (κ1) is 25.6. The van der Waals surface area contributed by atoms with Crippen molar-refractivity contribution < 1.29 is 19.0 Å². The number of allylic oxidation sites excluding steroid dienone is 1. The van der Waals surface area contributed by atoms with Crippen LogP contribution in [0.5, 0.6) is 11.5 Å². The van der Waals surface area contributed by atoms with E-state index in [2.05, 4.69) is 21.3 Å². The van der Waals surface area contributed by atoms with Crippen molar-refractivity contribution in [2.45, 2.75) is 59.1 Å². The Kier molecular flexibility index (Phi) is 7.31.